The molecule has 0 spiro atoms. The number of hydrogen-bond acceptors (Lipinski definition) is 3. The van der Waals surface area contributed by atoms with E-state index in [2.05, 4.69) is 38.2 Å². The molecule has 23 heavy (non-hydrogen) atoms. The zero-order valence-corrected chi connectivity index (χ0v) is 13.8. The maximum Gasteiger partial charge on any atom is 0.344 e. The second kappa shape index (κ2) is 8.23. The summed E-state index contributed by atoms with van der Waals surface area (Å²) in [7, 11) is 2.08. The number of hydrogen-bond donors (Lipinski definition) is 0. The molecule has 0 bridgehead atoms. The first-order valence-corrected chi connectivity index (χ1v) is 7.72. The van der Waals surface area contributed by atoms with Crippen molar-refractivity contribution in [3.8, 4) is 5.75 Å². The maximum atomic E-state index is 11.3. The Kier molecular flexibility index (Phi) is 6.04. The molecule has 0 aliphatic heterocycles. The lowest BCUT2D eigenvalue weighted by atomic mass is 9.94. The Morgan fingerprint density at radius 1 is 1.13 bits per heavy atom. The third kappa shape index (κ3) is 5.33. The maximum absolute atomic E-state index is 11.3. The lowest BCUT2D eigenvalue weighted by Gasteiger charge is -2.09. The fourth-order valence-corrected chi connectivity index (χ4v) is 2.24. The van der Waals surface area contributed by atoms with Crippen molar-refractivity contribution < 1.29 is 14.3 Å². The molecule has 0 aromatic heterocycles. The highest BCUT2D eigenvalue weighted by Gasteiger charge is 2.05. The minimum atomic E-state index is -0.352. The van der Waals surface area contributed by atoms with Crippen molar-refractivity contribution in [2.75, 3.05) is 13.2 Å². The van der Waals surface area contributed by atoms with Gasteiger partial charge in [0.1, 0.15) is 13.6 Å². The quantitative estimate of drug-likeness (QED) is 0.467. The van der Waals surface area contributed by atoms with Crippen LogP contribution in [0.2, 0.25) is 0 Å². The Morgan fingerprint density at radius 3 is 2.52 bits per heavy atom. The predicted octanol–water partition coefficient (Wildman–Crippen LogP) is 2.37. The van der Waals surface area contributed by atoms with Crippen molar-refractivity contribution in [2.24, 2.45) is 0 Å². The topological polar surface area (TPSA) is 35.5 Å². The summed E-state index contributed by atoms with van der Waals surface area (Å²) in [5.74, 6) is 0.348. The average molecular weight is 308 g/mol. The van der Waals surface area contributed by atoms with Crippen molar-refractivity contribution in [3.63, 3.8) is 0 Å². The number of benzene rings is 2. The molecule has 0 saturated heterocycles. The first-order chi connectivity index (χ1) is 11.1. The zero-order chi connectivity index (χ0) is 16.7. The lowest BCUT2D eigenvalue weighted by Crippen LogP contribution is -2.14. The zero-order valence-electron chi connectivity index (χ0n) is 13.8. The van der Waals surface area contributed by atoms with E-state index in [1.807, 2.05) is 31.2 Å². The third-order valence-electron chi connectivity index (χ3n) is 3.36. The van der Waals surface area contributed by atoms with Crippen LogP contribution in [0.1, 0.15) is 23.6 Å². The van der Waals surface area contributed by atoms with Crippen molar-refractivity contribution in [1.82, 2.24) is 0 Å². The first kappa shape index (κ1) is 16.9. The molecule has 2 aromatic rings. The molecule has 2 aromatic carbocycles. The largest absolute Gasteiger partial charge is 0.482 e. The standard InChI is InChI=1S/C19H21BO3/c1-3-22-19(21)13-23-18-10-9-16(11-14(18)2)8-7-15-5-4-6-17(20)12-15/h4-12H,3,13,20H2,1-2H3. The summed E-state index contributed by atoms with van der Waals surface area (Å²) in [4.78, 5) is 11.3. The van der Waals surface area contributed by atoms with Gasteiger partial charge in [-0.1, -0.05) is 47.9 Å². The van der Waals surface area contributed by atoms with Crippen LogP contribution < -0.4 is 10.2 Å². The van der Waals surface area contributed by atoms with E-state index in [9.17, 15) is 4.79 Å². The molecule has 118 valence electrons. The molecule has 0 atom stereocenters. The Balaban J connectivity index is 2.02. The van der Waals surface area contributed by atoms with Crippen LogP contribution in [0.5, 0.6) is 5.75 Å². The summed E-state index contributed by atoms with van der Waals surface area (Å²) in [5, 5.41) is 0. The minimum Gasteiger partial charge on any atom is -0.482 e. The van der Waals surface area contributed by atoms with Gasteiger partial charge in [-0.15, -0.1) is 0 Å². The van der Waals surface area contributed by atoms with Crippen LogP contribution in [-0.4, -0.2) is 27.0 Å². The van der Waals surface area contributed by atoms with Crippen molar-refractivity contribution in [1.29, 1.82) is 0 Å². The van der Waals surface area contributed by atoms with Crippen LogP contribution in [0.4, 0.5) is 0 Å². The Morgan fingerprint density at radius 2 is 1.87 bits per heavy atom. The summed E-state index contributed by atoms with van der Waals surface area (Å²) in [6.45, 7) is 4.04. The highest BCUT2D eigenvalue weighted by Crippen LogP contribution is 2.20. The van der Waals surface area contributed by atoms with E-state index in [0.717, 1.165) is 11.1 Å². The van der Waals surface area contributed by atoms with E-state index in [1.54, 1.807) is 6.92 Å². The predicted molar refractivity (Wildman–Crippen MR) is 96.9 cm³/mol. The van der Waals surface area contributed by atoms with E-state index >= 15 is 0 Å². The second-order valence-electron chi connectivity index (χ2n) is 5.37. The summed E-state index contributed by atoms with van der Waals surface area (Å²) in [6.07, 6.45) is 4.15. The van der Waals surface area contributed by atoms with Gasteiger partial charge in [0.05, 0.1) is 6.61 Å². The summed E-state index contributed by atoms with van der Waals surface area (Å²) < 4.78 is 10.3. The average Bonchev–Trinajstić information content (AvgIpc) is 2.52. The molecule has 0 heterocycles. The molecule has 0 radical (unpaired) electrons. The highest BCUT2D eigenvalue weighted by molar-refractivity contribution is 6.32. The lowest BCUT2D eigenvalue weighted by molar-refractivity contribution is -0.145. The number of ether oxygens (including phenoxy) is 2. The monoisotopic (exact) mass is 308 g/mol. The minimum absolute atomic E-state index is 0.0623. The summed E-state index contributed by atoms with van der Waals surface area (Å²) >= 11 is 0. The van der Waals surface area contributed by atoms with Gasteiger partial charge >= 0.3 is 5.97 Å². The smallest absolute Gasteiger partial charge is 0.344 e. The van der Waals surface area contributed by atoms with Crippen LogP contribution in [0.15, 0.2) is 42.5 Å². The van der Waals surface area contributed by atoms with E-state index in [4.69, 9.17) is 9.47 Å². The molecular formula is C19H21BO3. The van der Waals surface area contributed by atoms with Gasteiger partial charge in [0.15, 0.2) is 6.61 Å². The normalized spacial score (nSPS) is 10.7. The molecule has 3 nitrogen and oxygen atoms in total. The van der Waals surface area contributed by atoms with E-state index < -0.39 is 0 Å². The third-order valence-corrected chi connectivity index (χ3v) is 3.36. The Bertz CT molecular complexity index is 708. The highest BCUT2D eigenvalue weighted by atomic mass is 16.6. The summed E-state index contributed by atoms with van der Waals surface area (Å²) in [5.41, 5.74) is 4.49. The molecule has 0 fully saturated rings. The Labute approximate surface area is 138 Å². The van der Waals surface area contributed by atoms with Crippen molar-refractivity contribution in [3.05, 3.63) is 59.2 Å². The molecule has 2 rings (SSSR count). The van der Waals surface area contributed by atoms with Crippen LogP contribution >= 0.6 is 0 Å². The van der Waals surface area contributed by atoms with Crippen molar-refractivity contribution >= 4 is 31.4 Å². The van der Waals surface area contributed by atoms with Gasteiger partial charge in [-0.2, -0.15) is 0 Å². The number of esters is 1. The van der Waals surface area contributed by atoms with Crippen LogP contribution in [0.25, 0.3) is 12.2 Å². The molecular weight excluding hydrogens is 287 g/mol. The molecule has 0 aliphatic rings. The van der Waals surface area contributed by atoms with Gasteiger partial charge in [-0.25, -0.2) is 4.79 Å². The van der Waals surface area contributed by atoms with Gasteiger partial charge in [-0.05, 0) is 42.7 Å². The number of carbonyl (C=O) groups excluding carboxylic acids is 1. The molecule has 0 aliphatic carbocycles. The van der Waals surface area contributed by atoms with Gasteiger partial charge in [-0.3, -0.25) is 0 Å². The van der Waals surface area contributed by atoms with Gasteiger partial charge in [0.2, 0.25) is 0 Å². The fraction of sp³-hybridized carbons (Fsp3) is 0.211. The van der Waals surface area contributed by atoms with Gasteiger partial charge in [0.25, 0.3) is 0 Å². The number of rotatable bonds is 6. The number of aryl methyl sites for hydroxylation is 1. The second-order valence-corrected chi connectivity index (χ2v) is 5.37. The van der Waals surface area contributed by atoms with Crippen molar-refractivity contribution in [2.45, 2.75) is 13.8 Å². The van der Waals surface area contributed by atoms with Crippen LogP contribution in [-0.2, 0) is 9.53 Å². The van der Waals surface area contributed by atoms with Gasteiger partial charge < -0.3 is 9.47 Å². The molecule has 0 saturated carbocycles. The summed E-state index contributed by atoms with van der Waals surface area (Å²) in [6, 6.07) is 14.2. The molecule has 0 unspecified atom stereocenters. The SMILES string of the molecule is Bc1cccc(C=Cc2ccc(OCC(=O)OCC)c(C)c2)c1. The first-order valence-electron chi connectivity index (χ1n) is 7.72. The Hall–Kier alpha value is -2.49. The van der Waals surface area contributed by atoms with E-state index in [0.29, 0.717) is 12.4 Å². The van der Waals surface area contributed by atoms with E-state index in [1.165, 1.54) is 11.0 Å². The molecule has 0 amide bonds. The van der Waals surface area contributed by atoms with Gasteiger partial charge in [0, 0.05) is 0 Å². The fourth-order valence-electron chi connectivity index (χ4n) is 2.24. The van der Waals surface area contributed by atoms with Crippen LogP contribution in [0, 0.1) is 6.92 Å². The molecule has 0 N–H and O–H groups in total. The van der Waals surface area contributed by atoms with Crippen LogP contribution in [0.3, 0.4) is 0 Å². The molecule has 4 heteroatoms. The number of carbonyl (C=O) groups is 1. The van der Waals surface area contributed by atoms with E-state index in [-0.39, 0.29) is 12.6 Å².